The van der Waals surface area contributed by atoms with Crippen LogP contribution in [0.15, 0.2) is 0 Å². The minimum absolute atomic E-state index is 0. The van der Waals surface area contributed by atoms with Crippen molar-refractivity contribution in [3.05, 3.63) is 0 Å². The standard InChI is InChI=1S/C11H23N3O3S.ClH/c1-9(12)7-11(15)13-5-6-18(16,17)14-8-10-3-2-4-10;/h9-10,14H,2-8,12H2,1H3,(H,13,15);1H. The second kappa shape index (κ2) is 8.73. The molecule has 0 aliphatic heterocycles. The van der Waals surface area contributed by atoms with E-state index in [-0.39, 0.29) is 43.1 Å². The molecule has 8 heteroatoms. The molecule has 0 aromatic carbocycles. The van der Waals surface area contributed by atoms with E-state index in [0.717, 1.165) is 12.8 Å². The summed E-state index contributed by atoms with van der Waals surface area (Å²) in [4.78, 5) is 11.3. The maximum absolute atomic E-state index is 11.6. The highest BCUT2D eigenvalue weighted by Gasteiger charge is 2.20. The van der Waals surface area contributed by atoms with Crippen LogP contribution in [-0.4, -0.2) is 39.2 Å². The summed E-state index contributed by atoms with van der Waals surface area (Å²) in [5.41, 5.74) is 5.46. The molecule has 1 atom stereocenters. The fraction of sp³-hybridized carbons (Fsp3) is 0.909. The Hall–Kier alpha value is -0.370. The molecule has 1 aliphatic carbocycles. The number of amides is 1. The number of nitrogens with two attached hydrogens (primary N) is 1. The molecule has 0 radical (unpaired) electrons. The maximum atomic E-state index is 11.6. The van der Waals surface area contributed by atoms with Crippen LogP contribution in [0.25, 0.3) is 0 Å². The van der Waals surface area contributed by atoms with E-state index in [1.165, 1.54) is 6.42 Å². The number of carbonyl (C=O) groups is 1. The highest BCUT2D eigenvalue weighted by atomic mass is 35.5. The van der Waals surface area contributed by atoms with E-state index in [0.29, 0.717) is 12.5 Å². The van der Waals surface area contributed by atoms with Gasteiger partial charge < -0.3 is 11.1 Å². The van der Waals surface area contributed by atoms with Gasteiger partial charge in [-0.3, -0.25) is 4.79 Å². The third-order valence-electron chi connectivity index (χ3n) is 3.02. The smallest absolute Gasteiger partial charge is 0.221 e. The molecule has 0 aromatic rings. The van der Waals surface area contributed by atoms with Crippen LogP contribution in [-0.2, 0) is 14.8 Å². The Labute approximate surface area is 121 Å². The lowest BCUT2D eigenvalue weighted by atomic mass is 9.86. The number of halogens is 1. The summed E-state index contributed by atoms with van der Waals surface area (Å²) in [6, 6.07) is -0.210. The number of hydrogen-bond acceptors (Lipinski definition) is 4. The molecule has 6 nitrogen and oxygen atoms in total. The molecular formula is C11H24ClN3O3S. The summed E-state index contributed by atoms with van der Waals surface area (Å²) in [7, 11) is -3.27. The quantitative estimate of drug-likeness (QED) is 0.586. The summed E-state index contributed by atoms with van der Waals surface area (Å²) in [5, 5.41) is 2.55. The molecule has 1 amide bonds. The van der Waals surface area contributed by atoms with Crippen molar-refractivity contribution in [1.29, 1.82) is 0 Å². The molecule has 1 fully saturated rings. The van der Waals surface area contributed by atoms with Gasteiger partial charge in [-0.1, -0.05) is 6.42 Å². The van der Waals surface area contributed by atoms with E-state index in [1.807, 2.05) is 0 Å². The van der Waals surface area contributed by atoms with Crippen molar-refractivity contribution in [2.24, 2.45) is 11.7 Å². The average molecular weight is 314 g/mol. The lowest BCUT2D eigenvalue weighted by Gasteiger charge is -2.25. The zero-order chi connectivity index (χ0) is 13.6. The van der Waals surface area contributed by atoms with Crippen LogP contribution in [0.2, 0.25) is 0 Å². The van der Waals surface area contributed by atoms with Gasteiger partial charge in [0.1, 0.15) is 0 Å². The number of sulfonamides is 1. The van der Waals surface area contributed by atoms with Crippen LogP contribution in [0.4, 0.5) is 0 Å². The number of carbonyl (C=O) groups excluding carboxylic acids is 1. The van der Waals surface area contributed by atoms with Crippen molar-refractivity contribution in [1.82, 2.24) is 10.0 Å². The molecule has 1 saturated carbocycles. The number of hydrogen-bond donors (Lipinski definition) is 3. The largest absolute Gasteiger partial charge is 0.355 e. The first-order chi connectivity index (χ1) is 8.39. The average Bonchev–Trinajstić information content (AvgIpc) is 2.12. The Balaban J connectivity index is 0.00000324. The molecule has 0 spiro atoms. The van der Waals surface area contributed by atoms with Gasteiger partial charge in [0.15, 0.2) is 0 Å². The van der Waals surface area contributed by atoms with Gasteiger partial charge >= 0.3 is 0 Å². The summed E-state index contributed by atoms with van der Waals surface area (Å²) >= 11 is 0. The highest BCUT2D eigenvalue weighted by molar-refractivity contribution is 7.89. The third-order valence-corrected chi connectivity index (χ3v) is 4.37. The second-order valence-corrected chi connectivity index (χ2v) is 6.92. The molecule has 19 heavy (non-hydrogen) atoms. The van der Waals surface area contributed by atoms with E-state index >= 15 is 0 Å². The lowest BCUT2D eigenvalue weighted by Crippen LogP contribution is -2.38. The van der Waals surface area contributed by atoms with Gasteiger partial charge in [0.05, 0.1) is 5.75 Å². The van der Waals surface area contributed by atoms with Crippen LogP contribution < -0.4 is 15.8 Å². The Morgan fingerprint density at radius 3 is 2.53 bits per heavy atom. The van der Waals surface area contributed by atoms with Crippen molar-refractivity contribution < 1.29 is 13.2 Å². The topological polar surface area (TPSA) is 101 Å². The first-order valence-corrected chi connectivity index (χ1v) is 8.04. The Morgan fingerprint density at radius 2 is 2.05 bits per heavy atom. The first kappa shape index (κ1) is 18.6. The van der Waals surface area contributed by atoms with Crippen molar-refractivity contribution >= 4 is 28.3 Å². The summed E-state index contributed by atoms with van der Waals surface area (Å²) in [6.45, 7) is 2.39. The SMILES string of the molecule is CC(N)CC(=O)NCCS(=O)(=O)NCC1CCC1.Cl. The Kier molecular flexibility index (Phi) is 8.56. The van der Waals surface area contributed by atoms with Crippen LogP contribution in [0, 0.1) is 5.92 Å². The zero-order valence-electron chi connectivity index (χ0n) is 11.2. The summed E-state index contributed by atoms with van der Waals surface area (Å²) < 4.78 is 25.8. The van der Waals surface area contributed by atoms with E-state index < -0.39 is 10.0 Å². The molecule has 114 valence electrons. The predicted molar refractivity (Wildman–Crippen MR) is 77.7 cm³/mol. The van der Waals surface area contributed by atoms with Gasteiger partial charge in [0.25, 0.3) is 0 Å². The van der Waals surface area contributed by atoms with Crippen molar-refractivity contribution in [2.45, 2.75) is 38.6 Å². The normalized spacial score (nSPS) is 17.2. The van der Waals surface area contributed by atoms with E-state index in [4.69, 9.17) is 5.73 Å². The van der Waals surface area contributed by atoms with Gasteiger partial charge in [-0.05, 0) is 25.7 Å². The third kappa shape index (κ3) is 8.41. The fourth-order valence-electron chi connectivity index (χ4n) is 1.70. The van der Waals surface area contributed by atoms with Crippen LogP contribution >= 0.6 is 12.4 Å². The maximum Gasteiger partial charge on any atom is 0.221 e. The van der Waals surface area contributed by atoms with Crippen LogP contribution in [0.1, 0.15) is 32.6 Å². The van der Waals surface area contributed by atoms with Gasteiger partial charge in [-0.15, -0.1) is 12.4 Å². The van der Waals surface area contributed by atoms with Crippen LogP contribution in [0.3, 0.4) is 0 Å². The summed E-state index contributed by atoms with van der Waals surface area (Å²) in [6.07, 6.45) is 3.62. The fourth-order valence-corrected chi connectivity index (χ4v) is 2.71. The summed E-state index contributed by atoms with van der Waals surface area (Å²) in [5.74, 6) is 0.205. The minimum Gasteiger partial charge on any atom is -0.355 e. The van der Waals surface area contributed by atoms with Crippen LogP contribution in [0.5, 0.6) is 0 Å². The molecule has 1 rings (SSSR count). The molecule has 1 unspecified atom stereocenters. The van der Waals surface area contributed by atoms with Crippen molar-refractivity contribution in [2.75, 3.05) is 18.8 Å². The monoisotopic (exact) mass is 313 g/mol. The predicted octanol–water partition coefficient (Wildman–Crippen LogP) is -0.0188. The van der Waals surface area contributed by atoms with Crippen molar-refractivity contribution in [3.63, 3.8) is 0 Å². The van der Waals surface area contributed by atoms with E-state index in [1.54, 1.807) is 6.92 Å². The van der Waals surface area contributed by atoms with Gasteiger partial charge in [-0.2, -0.15) is 0 Å². The molecule has 0 aromatic heterocycles. The van der Waals surface area contributed by atoms with Gasteiger partial charge in [0.2, 0.25) is 15.9 Å². The number of rotatable bonds is 8. The lowest BCUT2D eigenvalue weighted by molar-refractivity contribution is -0.121. The van der Waals surface area contributed by atoms with E-state index in [2.05, 4.69) is 10.0 Å². The van der Waals surface area contributed by atoms with Gasteiger partial charge in [0, 0.05) is 25.6 Å². The minimum atomic E-state index is -3.27. The molecule has 4 N–H and O–H groups in total. The Morgan fingerprint density at radius 1 is 1.42 bits per heavy atom. The molecule has 0 heterocycles. The number of nitrogens with one attached hydrogen (secondary N) is 2. The second-order valence-electron chi connectivity index (χ2n) is 5.00. The highest BCUT2D eigenvalue weighted by Crippen LogP contribution is 2.25. The Bertz CT molecular complexity index is 369. The van der Waals surface area contributed by atoms with Crippen molar-refractivity contribution in [3.8, 4) is 0 Å². The molecule has 1 aliphatic rings. The van der Waals surface area contributed by atoms with Gasteiger partial charge in [-0.25, -0.2) is 13.1 Å². The molecule has 0 bridgehead atoms. The first-order valence-electron chi connectivity index (χ1n) is 6.38. The zero-order valence-corrected chi connectivity index (χ0v) is 12.9. The molecular weight excluding hydrogens is 290 g/mol. The molecule has 0 saturated heterocycles. The van der Waals surface area contributed by atoms with E-state index in [9.17, 15) is 13.2 Å².